The largest absolute Gasteiger partial charge is 0.455 e. The Kier molecular flexibility index (Phi) is 5.46. The van der Waals surface area contributed by atoms with Gasteiger partial charge in [-0.05, 0) is 30.3 Å². The molecule has 0 saturated carbocycles. The average molecular weight is 355 g/mol. The molecule has 0 aromatic heterocycles. The first kappa shape index (κ1) is 15.4. The molecule has 0 aliphatic heterocycles. The SMILES string of the molecule is CC(C)NCc1cc(Br)ccc1Oc1ccccc1Cl. The fraction of sp³-hybridized carbons (Fsp3) is 0.250. The predicted molar refractivity (Wildman–Crippen MR) is 87.6 cm³/mol. The van der Waals surface area contributed by atoms with E-state index in [0.717, 1.165) is 22.3 Å². The zero-order chi connectivity index (χ0) is 14.5. The first-order chi connectivity index (χ1) is 9.56. The van der Waals surface area contributed by atoms with E-state index in [-0.39, 0.29) is 0 Å². The number of benzene rings is 2. The molecule has 0 spiro atoms. The van der Waals surface area contributed by atoms with Gasteiger partial charge in [0, 0.05) is 22.6 Å². The molecule has 0 aliphatic rings. The summed E-state index contributed by atoms with van der Waals surface area (Å²) in [7, 11) is 0. The fourth-order valence-corrected chi connectivity index (χ4v) is 2.33. The smallest absolute Gasteiger partial charge is 0.146 e. The van der Waals surface area contributed by atoms with Gasteiger partial charge in [-0.25, -0.2) is 0 Å². The van der Waals surface area contributed by atoms with Crippen molar-refractivity contribution in [1.82, 2.24) is 5.32 Å². The normalized spacial score (nSPS) is 10.8. The highest BCUT2D eigenvalue weighted by atomic mass is 79.9. The van der Waals surface area contributed by atoms with Gasteiger partial charge < -0.3 is 10.1 Å². The highest BCUT2D eigenvalue weighted by molar-refractivity contribution is 9.10. The lowest BCUT2D eigenvalue weighted by Gasteiger charge is -2.14. The molecule has 0 aliphatic carbocycles. The fourth-order valence-electron chi connectivity index (χ4n) is 1.75. The summed E-state index contributed by atoms with van der Waals surface area (Å²) in [5, 5.41) is 4.01. The molecule has 4 heteroatoms. The lowest BCUT2D eigenvalue weighted by Crippen LogP contribution is -2.22. The second-order valence-electron chi connectivity index (χ2n) is 4.82. The molecule has 0 heterocycles. The number of halogens is 2. The molecular weight excluding hydrogens is 338 g/mol. The Bertz CT molecular complexity index is 586. The van der Waals surface area contributed by atoms with Gasteiger partial charge in [0.2, 0.25) is 0 Å². The monoisotopic (exact) mass is 353 g/mol. The molecule has 0 bridgehead atoms. The van der Waals surface area contributed by atoms with Gasteiger partial charge in [0.05, 0.1) is 5.02 Å². The zero-order valence-corrected chi connectivity index (χ0v) is 13.8. The van der Waals surface area contributed by atoms with Crippen LogP contribution in [0.1, 0.15) is 19.4 Å². The van der Waals surface area contributed by atoms with E-state index in [1.165, 1.54) is 0 Å². The van der Waals surface area contributed by atoms with Crippen LogP contribution < -0.4 is 10.1 Å². The topological polar surface area (TPSA) is 21.3 Å². The summed E-state index contributed by atoms with van der Waals surface area (Å²) in [5.41, 5.74) is 1.09. The Morgan fingerprint density at radius 1 is 1.15 bits per heavy atom. The molecule has 0 amide bonds. The molecule has 0 unspecified atom stereocenters. The summed E-state index contributed by atoms with van der Waals surface area (Å²) in [5.74, 6) is 1.48. The zero-order valence-electron chi connectivity index (χ0n) is 11.5. The van der Waals surface area contributed by atoms with Gasteiger partial charge in [-0.1, -0.05) is 53.5 Å². The van der Waals surface area contributed by atoms with Crippen LogP contribution in [0.3, 0.4) is 0 Å². The minimum absolute atomic E-state index is 0.419. The van der Waals surface area contributed by atoms with Crippen LogP contribution >= 0.6 is 27.5 Å². The minimum atomic E-state index is 0.419. The number of hydrogen-bond acceptors (Lipinski definition) is 2. The van der Waals surface area contributed by atoms with Crippen LogP contribution in [0.25, 0.3) is 0 Å². The molecule has 106 valence electrons. The number of para-hydroxylation sites is 1. The van der Waals surface area contributed by atoms with Crippen molar-refractivity contribution in [3.8, 4) is 11.5 Å². The number of hydrogen-bond donors (Lipinski definition) is 1. The quantitative estimate of drug-likeness (QED) is 0.777. The average Bonchev–Trinajstić information content (AvgIpc) is 2.41. The molecule has 2 aromatic rings. The molecular formula is C16H17BrClNO. The Morgan fingerprint density at radius 3 is 2.60 bits per heavy atom. The first-order valence-corrected chi connectivity index (χ1v) is 7.67. The molecule has 0 radical (unpaired) electrons. The van der Waals surface area contributed by atoms with E-state index >= 15 is 0 Å². The molecule has 0 fully saturated rings. The summed E-state index contributed by atoms with van der Waals surface area (Å²) >= 11 is 9.63. The highest BCUT2D eigenvalue weighted by Crippen LogP contribution is 2.32. The maximum Gasteiger partial charge on any atom is 0.146 e. The first-order valence-electron chi connectivity index (χ1n) is 6.50. The van der Waals surface area contributed by atoms with Crippen molar-refractivity contribution < 1.29 is 4.74 Å². The molecule has 1 N–H and O–H groups in total. The third-order valence-corrected chi connectivity index (χ3v) is 3.59. The van der Waals surface area contributed by atoms with Crippen LogP contribution in [-0.2, 0) is 6.54 Å². The Balaban J connectivity index is 2.24. The lowest BCUT2D eigenvalue weighted by molar-refractivity contribution is 0.469. The third-order valence-electron chi connectivity index (χ3n) is 2.78. The Morgan fingerprint density at radius 2 is 1.90 bits per heavy atom. The van der Waals surface area contributed by atoms with Gasteiger partial charge in [0.25, 0.3) is 0 Å². The van der Waals surface area contributed by atoms with Crippen LogP contribution in [-0.4, -0.2) is 6.04 Å². The second kappa shape index (κ2) is 7.11. The van der Waals surface area contributed by atoms with Gasteiger partial charge in [0.15, 0.2) is 0 Å². The molecule has 2 rings (SSSR count). The van der Waals surface area contributed by atoms with Gasteiger partial charge in [-0.15, -0.1) is 0 Å². The Labute approximate surface area is 133 Å². The maximum absolute atomic E-state index is 6.14. The van der Waals surface area contributed by atoms with Crippen molar-refractivity contribution in [3.63, 3.8) is 0 Å². The number of ether oxygens (including phenoxy) is 1. The van der Waals surface area contributed by atoms with Crippen LogP contribution in [0.4, 0.5) is 0 Å². The maximum atomic E-state index is 6.14. The lowest BCUT2D eigenvalue weighted by atomic mass is 10.2. The summed E-state index contributed by atoms with van der Waals surface area (Å²) in [4.78, 5) is 0. The van der Waals surface area contributed by atoms with Crippen LogP contribution in [0, 0.1) is 0 Å². The molecule has 2 nitrogen and oxygen atoms in total. The second-order valence-corrected chi connectivity index (χ2v) is 6.14. The standard InChI is InChI=1S/C16H17BrClNO/c1-11(2)19-10-12-9-13(17)7-8-15(12)20-16-6-4-3-5-14(16)18/h3-9,11,19H,10H2,1-2H3. The van der Waals surface area contributed by atoms with Gasteiger partial charge >= 0.3 is 0 Å². The van der Waals surface area contributed by atoms with Crippen molar-refractivity contribution in [1.29, 1.82) is 0 Å². The van der Waals surface area contributed by atoms with E-state index < -0.39 is 0 Å². The van der Waals surface area contributed by atoms with Crippen LogP contribution in [0.5, 0.6) is 11.5 Å². The molecule has 0 atom stereocenters. The summed E-state index contributed by atoms with van der Waals surface area (Å²) in [6, 6.07) is 13.9. The number of rotatable bonds is 5. The third kappa shape index (κ3) is 4.23. The number of nitrogens with one attached hydrogen (secondary N) is 1. The molecule has 2 aromatic carbocycles. The van der Waals surface area contributed by atoms with Crippen molar-refractivity contribution >= 4 is 27.5 Å². The summed E-state index contributed by atoms with van der Waals surface area (Å²) < 4.78 is 6.97. The van der Waals surface area contributed by atoms with Gasteiger partial charge in [-0.3, -0.25) is 0 Å². The van der Waals surface area contributed by atoms with E-state index in [9.17, 15) is 0 Å². The van der Waals surface area contributed by atoms with Gasteiger partial charge in [0.1, 0.15) is 11.5 Å². The van der Waals surface area contributed by atoms with Crippen molar-refractivity contribution in [2.75, 3.05) is 0 Å². The van der Waals surface area contributed by atoms with Gasteiger partial charge in [-0.2, -0.15) is 0 Å². The van der Waals surface area contributed by atoms with E-state index in [4.69, 9.17) is 16.3 Å². The van der Waals surface area contributed by atoms with E-state index in [2.05, 4.69) is 41.2 Å². The van der Waals surface area contributed by atoms with Crippen LogP contribution in [0.2, 0.25) is 5.02 Å². The van der Waals surface area contributed by atoms with E-state index in [0.29, 0.717) is 16.8 Å². The summed E-state index contributed by atoms with van der Waals surface area (Å²) in [6.07, 6.45) is 0. The van der Waals surface area contributed by atoms with E-state index in [1.807, 2.05) is 36.4 Å². The van der Waals surface area contributed by atoms with E-state index in [1.54, 1.807) is 0 Å². The molecule has 0 saturated heterocycles. The summed E-state index contributed by atoms with van der Waals surface area (Å²) in [6.45, 7) is 4.98. The molecule has 20 heavy (non-hydrogen) atoms. The minimum Gasteiger partial charge on any atom is -0.455 e. The highest BCUT2D eigenvalue weighted by Gasteiger charge is 2.08. The Hall–Kier alpha value is -1.03. The van der Waals surface area contributed by atoms with Crippen molar-refractivity contribution in [2.24, 2.45) is 0 Å². The predicted octanol–water partition coefficient (Wildman–Crippen LogP) is 5.39. The van der Waals surface area contributed by atoms with Crippen molar-refractivity contribution in [3.05, 3.63) is 57.5 Å². The van der Waals surface area contributed by atoms with Crippen LogP contribution in [0.15, 0.2) is 46.9 Å². The van der Waals surface area contributed by atoms with Crippen molar-refractivity contribution in [2.45, 2.75) is 26.4 Å².